The molecule has 2 aliphatic heterocycles. The maximum Gasteiger partial charge on any atom is 0.416 e. The zero-order valence-electron chi connectivity index (χ0n) is 18.3. The van der Waals surface area contributed by atoms with Gasteiger partial charge >= 0.3 is 6.18 Å². The molecule has 0 atom stereocenters. The summed E-state index contributed by atoms with van der Waals surface area (Å²) < 4.78 is 80.1. The van der Waals surface area contributed by atoms with E-state index in [0.29, 0.717) is 53.3 Å². The summed E-state index contributed by atoms with van der Waals surface area (Å²) in [7, 11) is 0. The van der Waals surface area contributed by atoms with E-state index in [4.69, 9.17) is 0 Å². The first-order valence-corrected chi connectivity index (χ1v) is 10.4. The molecule has 2 aliphatic rings. The highest BCUT2D eigenvalue weighted by molar-refractivity contribution is 5.98. The lowest BCUT2D eigenvalue weighted by atomic mass is 10.0. The Morgan fingerprint density at radius 1 is 1.15 bits per heavy atom. The highest BCUT2D eigenvalue weighted by Gasteiger charge is 2.37. The Morgan fingerprint density at radius 2 is 1.85 bits per heavy atom. The summed E-state index contributed by atoms with van der Waals surface area (Å²) in [6, 6.07) is 3.78. The van der Waals surface area contributed by atoms with E-state index in [1.54, 1.807) is 6.07 Å². The van der Waals surface area contributed by atoms with Gasteiger partial charge in [-0.2, -0.15) is 13.2 Å². The van der Waals surface area contributed by atoms with Crippen molar-refractivity contribution in [1.82, 2.24) is 5.32 Å². The topological polar surface area (TPSA) is 30.5 Å². The van der Waals surface area contributed by atoms with Crippen LogP contribution in [0.4, 0.5) is 43.4 Å². The Bertz CT molecular complexity index is 1200. The normalized spacial score (nSPS) is 15.1. The number of nitrogens with one attached hydrogen (secondary N) is 2. The SMILES string of the molecule is C=C(Nc1cc2c(c3c1CNC3=C)N(CC)C(=C)N2CC(F)F)c1cc(F)cc(C(F)(F)F)c1. The van der Waals surface area contributed by atoms with Crippen molar-refractivity contribution in [1.29, 1.82) is 0 Å². The molecule has 0 aliphatic carbocycles. The van der Waals surface area contributed by atoms with Crippen LogP contribution in [-0.4, -0.2) is 19.5 Å². The predicted molar refractivity (Wildman–Crippen MR) is 122 cm³/mol. The van der Waals surface area contributed by atoms with Gasteiger partial charge in [-0.1, -0.05) is 19.7 Å². The molecule has 0 aromatic heterocycles. The maximum atomic E-state index is 13.9. The number of halogens is 6. The zero-order chi connectivity index (χ0) is 24.9. The highest BCUT2D eigenvalue weighted by Crippen LogP contribution is 2.51. The van der Waals surface area contributed by atoms with Crippen LogP contribution in [0.25, 0.3) is 11.4 Å². The molecule has 180 valence electrons. The van der Waals surface area contributed by atoms with Crippen LogP contribution in [0.15, 0.2) is 49.8 Å². The summed E-state index contributed by atoms with van der Waals surface area (Å²) in [4.78, 5) is 3.21. The van der Waals surface area contributed by atoms with Crippen molar-refractivity contribution in [2.45, 2.75) is 26.1 Å². The first-order chi connectivity index (χ1) is 15.9. The average Bonchev–Trinajstić information content (AvgIpc) is 3.25. The van der Waals surface area contributed by atoms with Crippen molar-refractivity contribution < 1.29 is 26.3 Å². The van der Waals surface area contributed by atoms with Gasteiger partial charge in [0.2, 0.25) is 0 Å². The molecule has 2 aromatic rings. The monoisotopic (exact) mass is 480 g/mol. The third-order valence-electron chi connectivity index (χ3n) is 5.85. The minimum atomic E-state index is -4.73. The van der Waals surface area contributed by atoms with Gasteiger partial charge in [0.25, 0.3) is 6.43 Å². The molecule has 0 unspecified atom stereocenters. The van der Waals surface area contributed by atoms with Crippen LogP contribution in [0.5, 0.6) is 0 Å². The molecular weight excluding hydrogens is 458 g/mol. The Kier molecular flexibility index (Phi) is 5.79. The molecule has 2 N–H and O–H groups in total. The fourth-order valence-electron chi connectivity index (χ4n) is 4.34. The summed E-state index contributed by atoms with van der Waals surface area (Å²) in [5.74, 6) is -0.671. The largest absolute Gasteiger partial charge is 0.416 e. The van der Waals surface area contributed by atoms with Gasteiger partial charge in [-0.05, 0) is 31.2 Å². The number of benzene rings is 2. The third kappa shape index (κ3) is 3.97. The van der Waals surface area contributed by atoms with Gasteiger partial charge in [0.1, 0.15) is 11.6 Å². The van der Waals surface area contributed by atoms with Crippen LogP contribution in [-0.2, 0) is 12.7 Å². The molecule has 0 fully saturated rings. The number of fused-ring (bicyclic) bond motifs is 3. The number of alkyl halides is 5. The lowest BCUT2D eigenvalue weighted by molar-refractivity contribution is -0.137. The molecule has 0 saturated carbocycles. The van der Waals surface area contributed by atoms with Crippen molar-refractivity contribution in [2.75, 3.05) is 28.2 Å². The standard InChI is InChI=1S/C24H22F6N4/c1-5-33-14(4)34(11-21(26)27)20-9-19(18-10-31-13(3)22(18)23(20)33)32-12(2)15-6-16(24(28,29)30)8-17(25)7-15/h6-9,21,31-32H,2-5,10-11H2,1H3. The van der Waals surface area contributed by atoms with Crippen LogP contribution in [0.3, 0.4) is 0 Å². The van der Waals surface area contributed by atoms with Gasteiger partial charge in [-0.15, -0.1) is 0 Å². The molecule has 2 heterocycles. The maximum absolute atomic E-state index is 13.9. The van der Waals surface area contributed by atoms with Gasteiger partial charge in [-0.3, -0.25) is 0 Å². The van der Waals surface area contributed by atoms with Gasteiger partial charge in [0, 0.05) is 46.9 Å². The van der Waals surface area contributed by atoms with Crippen molar-refractivity contribution in [3.8, 4) is 0 Å². The van der Waals surface area contributed by atoms with E-state index in [-0.39, 0.29) is 11.3 Å². The molecule has 0 radical (unpaired) electrons. The summed E-state index contributed by atoms with van der Waals surface area (Å²) in [6.45, 7) is 13.9. The number of hydrogen-bond donors (Lipinski definition) is 2. The first-order valence-electron chi connectivity index (χ1n) is 10.4. The van der Waals surface area contributed by atoms with Crippen LogP contribution in [0, 0.1) is 5.82 Å². The molecule has 4 nitrogen and oxygen atoms in total. The van der Waals surface area contributed by atoms with E-state index in [1.807, 2.05) is 11.8 Å². The van der Waals surface area contributed by atoms with Crippen molar-refractivity contribution in [3.63, 3.8) is 0 Å². The highest BCUT2D eigenvalue weighted by atomic mass is 19.4. The fraction of sp³-hybridized carbons (Fsp3) is 0.250. The van der Waals surface area contributed by atoms with Crippen LogP contribution in [0.2, 0.25) is 0 Å². The second kappa shape index (κ2) is 8.34. The van der Waals surface area contributed by atoms with E-state index < -0.39 is 30.5 Å². The van der Waals surface area contributed by atoms with E-state index in [2.05, 4.69) is 30.4 Å². The Labute approximate surface area is 192 Å². The molecule has 0 amide bonds. The Hall–Kier alpha value is -3.56. The second-order valence-corrected chi connectivity index (χ2v) is 7.97. The predicted octanol–water partition coefficient (Wildman–Crippen LogP) is 6.38. The molecule has 2 aromatic carbocycles. The molecule has 0 bridgehead atoms. The number of anilines is 3. The smallest absolute Gasteiger partial charge is 0.381 e. The average molecular weight is 480 g/mol. The summed E-state index contributed by atoms with van der Waals surface area (Å²) in [5, 5.41) is 6.09. The summed E-state index contributed by atoms with van der Waals surface area (Å²) in [5.41, 5.74) is 2.39. The number of rotatable bonds is 6. The molecular formula is C24H22F6N4. The van der Waals surface area contributed by atoms with Gasteiger partial charge in [-0.25, -0.2) is 13.2 Å². The Morgan fingerprint density at radius 3 is 2.47 bits per heavy atom. The van der Waals surface area contributed by atoms with E-state index in [9.17, 15) is 26.3 Å². The van der Waals surface area contributed by atoms with E-state index >= 15 is 0 Å². The van der Waals surface area contributed by atoms with E-state index in [1.165, 1.54) is 4.90 Å². The summed E-state index contributed by atoms with van der Waals surface area (Å²) >= 11 is 0. The van der Waals surface area contributed by atoms with E-state index in [0.717, 1.165) is 17.7 Å². The molecule has 34 heavy (non-hydrogen) atoms. The number of hydrogen-bond acceptors (Lipinski definition) is 4. The Balaban J connectivity index is 1.80. The molecule has 0 saturated heterocycles. The lowest BCUT2D eigenvalue weighted by Gasteiger charge is -2.23. The minimum absolute atomic E-state index is 0.0224. The second-order valence-electron chi connectivity index (χ2n) is 7.97. The first kappa shape index (κ1) is 23.6. The molecule has 0 spiro atoms. The zero-order valence-corrected chi connectivity index (χ0v) is 18.3. The molecule has 4 rings (SSSR count). The molecule has 10 heteroatoms. The van der Waals surface area contributed by atoms with Crippen LogP contribution < -0.4 is 20.4 Å². The van der Waals surface area contributed by atoms with Gasteiger partial charge in [0.15, 0.2) is 0 Å². The van der Waals surface area contributed by atoms with Gasteiger partial charge < -0.3 is 20.4 Å². The fourth-order valence-corrected chi connectivity index (χ4v) is 4.34. The van der Waals surface area contributed by atoms with Crippen LogP contribution >= 0.6 is 0 Å². The van der Waals surface area contributed by atoms with Crippen molar-refractivity contribution in [2.24, 2.45) is 0 Å². The lowest BCUT2D eigenvalue weighted by Crippen LogP contribution is -2.31. The minimum Gasteiger partial charge on any atom is -0.381 e. The van der Waals surface area contributed by atoms with Crippen molar-refractivity contribution >= 4 is 28.5 Å². The quantitative estimate of drug-likeness (QED) is 0.470. The number of nitrogens with zero attached hydrogens (tertiary/aromatic N) is 2. The van der Waals surface area contributed by atoms with Crippen LogP contribution in [0.1, 0.15) is 29.2 Å². The third-order valence-corrected chi connectivity index (χ3v) is 5.85. The summed E-state index contributed by atoms with van der Waals surface area (Å²) in [6.07, 6.45) is -7.36. The van der Waals surface area contributed by atoms with Crippen molar-refractivity contribution in [3.05, 3.63) is 77.9 Å². The van der Waals surface area contributed by atoms with Gasteiger partial charge in [0.05, 0.1) is 23.5 Å².